The van der Waals surface area contributed by atoms with Crippen molar-refractivity contribution in [3.63, 3.8) is 0 Å². The van der Waals surface area contributed by atoms with Crippen LogP contribution < -0.4 is 9.64 Å². The molecule has 4 rings (SSSR count). The lowest BCUT2D eigenvalue weighted by atomic mass is 10.1. The summed E-state index contributed by atoms with van der Waals surface area (Å²) >= 11 is 0. The Morgan fingerprint density at radius 2 is 1.76 bits per heavy atom. The molecule has 190 valence electrons. The Hall–Kier alpha value is -4.66. The van der Waals surface area contributed by atoms with Crippen LogP contribution in [-0.2, 0) is 20.7 Å². The fraction of sp³-hybridized carbons (Fsp3) is 0.179. The van der Waals surface area contributed by atoms with Crippen LogP contribution in [0.3, 0.4) is 0 Å². The van der Waals surface area contributed by atoms with Crippen LogP contribution in [0.15, 0.2) is 77.3 Å². The van der Waals surface area contributed by atoms with Crippen LogP contribution >= 0.6 is 0 Å². The Kier molecular flexibility index (Phi) is 7.83. The van der Waals surface area contributed by atoms with Crippen LogP contribution in [0.1, 0.15) is 18.2 Å². The van der Waals surface area contributed by atoms with Gasteiger partial charge in [-0.3, -0.25) is 4.79 Å². The Balaban J connectivity index is 1.64. The van der Waals surface area contributed by atoms with Crippen LogP contribution in [-0.4, -0.2) is 30.9 Å². The number of amides is 1. The Morgan fingerprint density at radius 3 is 2.46 bits per heavy atom. The molecule has 37 heavy (non-hydrogen) atoms. The number of aromatic nitrogens is 1. The van der Waals surface area contributed by atoms with E-state index in [9.17, 15) is 14.0 Å². The highest BCUT2D eigenvalue weighted by molar-refractivity contribution is 6.00. The maximum Gasteiger partial charge on any atom is 0.419 e. The first-order valence-electron chi connectivity index (χ1n) is 11.5. The standard InChI is InChI=1S/C28H25FN2O6/c1-4-35-28(33)31(24-11-6-5-10-23(24)29)27-18(2)37-30-26(27)20-12-14-21(15-13-20)36-22-9-7-8-19(16-22)17-25(32)34-3/h5-16H,4,17H2,1-3H3. The summed E-state index contributed by atoms with van der Waals surface area (Å²) in [6.45, 7) is 3.41. The summed E-state index contributed by atoms with van der Waals surface area (Å²) in [5.41, 5.74) is 1.99. The van der Waals surface area contributed by atoms with Gasteiger partial charge in [-0.15, -0.1) is 0 Å². The highest BCUT2D eigenvalue weighted by atomic mass is 19.1. The number of aryl methyl sites for hydroxylation is 1. The molecule has 8 nitrogen and oxygen atoms in total. The molecular weight excluding hydrogens is 479 g/mol. The van der Waals surface area contributed by atoms with E-state index in [1.54, 1.807) is 62.4 Å². The SMILES string of the molecule is CCOC(=O)N(c1ccccc1F)c1c(-c2ccc(Oc3cccc(CC(=O)OC)c3)cc2)noc1C. The minimum Gasteiger partial charge on any atom is -0.469 e. The van der Waals surface area contributed by atoms with E-state index >= 15 is 0 Å². The maximum atomic E-state index is 14.7. The summed E-state index contributed by atoms with van der Waals surface area (Å²) in [6, 6.07) is 20.0. The smallest absolute Gasteiger partial charge is 0.419 e. The highest BCUT2D eigenvalue weighted by Crippen LogP contribution is 2.39. The third-order valence-corrected chi connectivity index (χ3v) is 5.44. The zero-order valence-corrected chi connectivity index (χ0v) is 20.6. The Bertz CT molecular complexity index is 1400. The summed E-state index contributed by atoms with van der Waals surface area (Å²) in [7, 11) is 1.34. The molecule has 0 radical (unpaired) electrons. The van der Waals surface area contributed by atoms with Crippen molar-refractivity contribution in [2.24, 2.45) is 0 Å². The number of carbonyl (C=O) groups is 2. The monoisotopic (exact) mass is 504 g/mol. The van der Waals surface area contributed by atoms with Gasteiger partial charge < -0.3 is 18.7 Å². The molecule has 0 aliphatic carbocycles. The topological polar surface area (TPSA) is 91.1 Å². The average molecular weight is 505 g/mol. The van der Waals surface area contributed by atoms with Gasteiger partial charge in [-0.05, 0) is 67.9 Å². The number of nitrogens with zero attached hydrogens (tertiary/aromatic N) is 2. The summed E-state index contributed by atoms with van der Waals surface area (Å²) in [6.07, 6.45) is -0.619. The second kappa shape index (κ2) is 11.4. The number of benzene rings is 3. The first kappa shape index (κ1) is 25.4. The lowest BCUT2D eigenvalue weighted by molar-refractivity contribution is -0.139. The van der Waals surface area contributed by atoms with Crippen molar-refractivity contribution in [2.75, 3.05) is 18.6 Å². The van der Waals surface area contributed by atoms with Crippen molar-refractivity contribution in [1.29, 1.82) is 0 Å². The second-order valence-corrected chi connectivity index (χ2v) is 7.95. The molecule has 0 fully saturated rings. The van der Waals surface area contributed by atoms with E-state index in [0.29, 0.717) is 28.5 Å². The number of halogens is 1. The van der Waals surface area contributed by atoms with Crippen LogP contribution in [0.25, 0.3) is 11.3 Å². The molecule has 1 amide bonds. The molecule has 0 N–H and O–H groups in total. The number of methoxy groups -OCH3 is 1. The van der Waals surface area contributed by atoms with Crippen LogP contribution in [0.2, 0.25) is 0 Å². The minimum absolute atomic E-state index is 0.0142. The molecule has 0 unspecified atom stereocenters. The van der Waals surface area contributed by atoms with Crippen molar-refractivity contribution in [1.82, 2.24) is 5.16 Å². The molecule has 9 heteroatoms. The van der Waals surface area contributed by atoms with Gasteiger partial charge in [0, 0.05) is 5.56 Å². The van der Waals surface area contributed by atoms with E-state index < -0.39 is 11.9 Å². The van der Waals surface area contributed by atoms with Gasteiger partial charge in [-0.1, -0.05) is 29.4 Å². The average Bonchev–Trinajstić information content (AvgIpc) is 3.27. The molecule has 0 aliphatic heterocycles. The molecule has 1 aromatic heterocycles. The number of rotatable bonds is 8. The van der Waals surface area contributed by atoms with Crippen molar-refractivity contribution in [3.8, 4) is 22.8 Å². The number of ether oxygens (including phenoxy) is 3. The van der Waals surface area contributed by atoms with Gasteiger partial charge in [0.15, 0.2) is 5.76 Å². The van der Waals surface area contributed by atoms with Gasteiger partial charge in [-0.25, -0.2) is 14.1 Å². The summed E-state index contributed by atoms with van der Waals surface area (Å²) in [5.74, 6) is 0.471. The Labute approximate surface area is 213 Å². The van der Waals surface area contributed by atoms with E-state index in [4.69, 9.17) is 18.7 Å². The first-order chi connectivity index (χ1) is 17.9. The van der Waals surface area contributed by atoms with E-state index in [1.165, 1.54) is 25.3 Å². The highest BCUT2D eigenvalue weighted by Gasteiger charge is 2.30. The predicted molar refractivity (Wildman–Crippen MR) is 134 cm³/mol. The predicted octanol–water partition coefficient (Wildman–Crippen LogP) is 6.59. The summed E-state index contributed by atoms with van der Waals surface area (Å²) < 4.78 is 36.0. The number of para-hydroxylation sites is 1. The van der Waals surface area contributed by atoms with Gasteiger partial charge in [0.25, 0.3) is 0 Å². The van der Waals surface area contributed by atoms with Gasteiger partial charge in [0.05, 0.1) is 25.8 Å². The van der Waals surface area contributed by atoms with E-state index in [0.717, 1.165) is 10.5 Å². The van der Waals surface area contributed by atoms with Gasteiger partial charge in [-0.2, -0.15) is 0 Å². The van der Waals surface area contributed by atoms with Crippen molar-refractivity contribution < 1.29 is 32.7 Å². The zero-order chi connectivity index (χ0) is 26.4. The number of carbonyl (C=O) groups excluding carboxylic acids is 2. The summed E-state index contributed by atoms with van der Waals surface area (Å²) in [5, 5.41) is 4.13. The summed E-state index contributed by atoms with van der Waals surface area (Å²) in [4.78, 5) is 25.6. The number of hydrogen-bond acceptors (Lipinski definition) is 7. The quantitative estimate of drug-likeness (QED) is 0.250. The van der Waals surface area contributed by atoms with Gasteiger partial charge >= 0.3 is 12.1 Å². The maximum absolute atomic E-state index is 14.7. The Morgan fingerprint density at radius 1 is 1.00 bits per heavy atom. The molecule has 0 spiro atoms. The lowest BCUT2D eigenvalue weighted by Crippen LogP contribution is -2.28. The lowest BCUT2D eigenvalue weighted by Gasteiger charge is -2.22. The molecule has 0 saturated carbocycles. The first-order valence-corrected chi connectivity index (χ1v) is 11.5. The largest absolute Gasteiger partial charge is 0.469 e. The molecule has 4 aromatic rings. The van der Waals surface area contributed by atoms with Crippen LogP contribution in [0.4, 0.5) is 20.6 Å². The number of anilines is 2. The molecule has 0 saturated heterocycles. The van der Waals surface area contributed by atoms with Crippen LogP contribution in [0, 0.1) is 12.7 Å². The van der Waals surface area contributed by atoms with Crippen molar-refractivity contribution >= 4 is 23.4 Å². The van der Waals surface area contributed by atoms with Crippen molar-refractivity contribution in [2.45, 2.75) is 20.3 Å². The molecule has 0 atom stereocenters. The van der Waals surface area contributed by atoms with E-state index in [2.05, 4.69) is 5.16 Å². The number of esters is 1. The third kappa shape index (κ3) is 5.78. The normalized spacial score (nSPS) is 10.6. The van der Waals surface area contributed by atoms with Gasteiger partial charge in [0.2, 0.25) is 0 Å². The van der Waals surface area contributed by atoms with Gasteiger partial charge in [0.1, 0.15) is 28.7 Å². The fourth-order valence-corrected chi connectivity index (χ4v) is 3.73. The van der Waals surface area contributed by atoms with Crippen molar-refractivity contribution in [3.05, 3.63) is 89.9 Å². The zero-order valence-electron chi connectivity index (χ0n) is 20.6. The minimum atomic E-state index is -0.757. The molecule has 1 heterocycles. The molecule has 0 bridgehead atoms. The van der Waals surface area contributed by atoms with E-state index in [-0.39, 0.29) is 30.4 Å². The second-order valence-electron chi connectivity index (χ2n) is 7.95. The molecule has 3 aromatic carbocycles. The third-order valence-electron chi connectivity index (χ3n) is 5.44. The van der Waals surface area contributed by atoms with Crippen LogP contribution in [0.5, 0.6) is 11.5 Å². The molecule has 0 aliphatic rings. The number of hydrogen-bond donors (Lipinski definition) is 0. The van der Waals surface area contributed by atoms with E-state index in [1.807, 2.05) is 6.07 Å². The fourth-order valence-electron chi connectivity index (χ4n) is 3.73. The molecular formula is C28H25FN2O6.